The Bertz CT molecular complexity index is 968. The van der Waals surface area contributed by atoms with Crippen LogP contribution in [0.3, 0.4) is 0 Å². The van der Waals surface area contributed by atoms with E-state index in [4.69, 9.17) is 0 Å². The van der Waals surface area contributed by atoms with E-state index >= 15 is 0 Å². The van der Waals surface area contributed by atoms with Crippen LogP contribution in [-0.2, 0) is 17.6 Å². The van der Waals surface area contributed by atoms with Crippen LogP contribution >= 0.6 is 23.1 Å². The van der Waals surface area contributed by atoms with E-state index in [-0.39, 0.29) is 11.9 Å². The van der Waals surface area contributed by atoms with Crippen LogP contribution in [-0.4, -0.2) is 21.6 Å². The van der Waals surface area contributed by atoms with Crippen molar-refractivity contribution >= 4 is 39.2 Å². The lowest BCUT2D eigenvalue weighted by atomic mass is 9.97. The number of carbonyl (C=O) groups is 1. The number of hydrogen-bond donors (Lipinski definition) is 1. The number of benzene rings is 1. The molecule has 1 aromatic carbocycles. The predicted octanol–water partition coefficient (Wildman–Crippen LogP) is 4.85. The normalized spacial score (nSPS) is 14.7. The minimum Gasteiger partial charge on any atom is -0.349 e. The molecular formula is C21H23N3OS2. The molecule has 1 N–H and O–H groups in total. The van der Waals surface area contributed by atoms with Gasteiger partial charge < -0.3 is 5.32 Å². The second-order valence-electron chi connectivity index (χ2n) is 6.96. The van der Waals surface area contributed by atoms with Gasteiger partial charge in [-0.05, 0) is 50.7 Å². The number of nitrogens with zero attached hydrogens (tertiary/aromatic N) is 2. The van der Waals surface area contributed by atoms with E-state index in [9.17, 15) is 4.79 Å². The molecule has 3 aromatic rings. The van der Waals surface area contributed by atoms with Crippen molar-refractivity contribution in [3.8, 4) is 0 Å². The van der Waals surface area contributed by atoms with Crippen LogP contribution in [0, 0.1) is 6.92 Å². The van der Waals surface area contributed by atoms with Gasteiger partial charge in [0, 0.05) is 10.3 Å². The van der Waals surface area contributed by atoms with Crippen molar-refractivity contribution in [1.82, 2.24) is 15.3 Å². The van der Waals surface area contributed by atoms with Gasteiger partial charge in [0.1, 0.15) is 15.7 Å². The Hall–Kier alpha value is -1.92. The Morgan fingerprint density at radius 1 is 1.22 bits per heavy atom. The maximum absolute atomic E-state index is 12.5. The fourth-order valence-corrected chi connectivity index (χ4v) is 5.86. The molecule has 1 unspecified atom stereocenters. The summed E-state index contributed by atoms with van der Waals surface area (Å²) in [7, 11) is 0. The van der Waals surface area contributed by atoms with Crippen molar-refractivity contribution in [2.45, 2.75) is 50.6 Å². The SMILES string of the molecule is Cc1nc(SCC(=O)NC(C)c2ccccc2)c2c3c(sc2n1)CCCC3. The number of amides is 1. The van der Waals surface area contributed by atoms with Crippen molar-refractivity contribution in [1.29, 1.82) is 0 Å². The number of thiophene rings is 1. The molecule has 0 fully saturated rings. The molecular weight excluding hydrogens is 374 g/mol. The number of aromatic nitrogens is 2. The maximum Gasteiger partial charge on any atom is 0.230 e. The van der Waals surface area contributed by atoms with Crippen molar-refractivity contribution in [2.24, 2.45) is 0 Å². The van der Waals surface area contributed by atoms with Gasteiger partial charge in [0.2, 0.25) is 5.91 Å². The summed E-state index contributed by atoms with van der Waals surface area (Å²) in [5, 5.41) is 5.23. The summed E-state index contributed by atoms with van der Waals surface area (Å²) in [6, 6.07) is 10.0. The van der Waals surface area contributed by atoms with Gasteiger partial charge >= 0.3 is 0 Å². The zero-order valence-corrected chi connectivity index (χ0v) is 17.3. The topological polar surface area (TPSA) is 54.9 Å². The lowest BCUT2D eigenvalue weighted by Gasteiger charge is -2.14. The van der Waals surface area contributed by atoms with Crippen LogP contribution in [0.2, 0.25) is 0 Å². The highest BCUT2D eigenvalue weighted by Crippen LogP contribution is 2.39. The van der Waals surface area contributed by atoms with Crippen LogP contribution in [0.15, 0.2) is 35.4 Å². The number of fused-ring (bicyclic) bond motifs is 3. The first-order valence-electron chi connectivity index (χ1n) is 9.38. The van der Waals surface area contributed by atoms with Crippen LogP contribution in [0.1, 0.15) is 47.6 Å². The second-order valence-corrected chi connectivity index (χ2v) is 9.00. The van der Waals surface area contributed by atoms with Gasteiger partial charge in [-0.3, -0.25) is 4.79 Å². The average molecular weight is 398 g/mol. The highest BCUT2D eigenvalue weighted by atomic mass is 32.2. The average Bonchev–Trinajstić information content (AvgIpc) is 3.05. The fraction of sp³-hybridized carbons (Fsp3) is 0.381. The number of thioether (sulfide) groups is 1. The summed E-state index contributed by atoms with van der Waals surface area (Å²) in [5.41, 5.74) is 2.53. The third kappa shape index (κ3) is 4.01. The summed E-state index contributed by atoms with van der Waals surface area (Å²) in [5.74, 6) is 1.18. The van der Waals surface area contributed by atoms with Crippen LogP contribution in [0.5, 0.6) is 0 Å². The van der Waals surface area contributed by atoms with E-state index in [1.807, 2.05) is 44.2 Å². The van der Waals surface area contributed by atoms with E-state index in [0.29, 0.717) is 5.75 Å². The quantitative estimate of drug-likeness (QED) is 0.494. The lowest BCUT2D eigenvalue weighted by Crippen LogP contribution is -2.28. The first-order valence-corrected chi connectivity index (χ1v) is 11.2. The third-order valence-corrected chi connectivity index (χ3v) is 7.07. The Balaban J connectivity index is 1.50. The number of nitrogens with one attached hydrogen (secondary N) is 1. The lowest BCUT2D eigenvalue weighted by molar-refractivity contribution is -0.119. The summed E-state index contributed by atoms with van der Waals surface area (Å²) < 4.78 is 0. The molecule has 0 spiro atoms. The molecule has 2 heterocycles. The van der Waals surface area contributed by atoms with Gasteiger partial charge in [0.05, 0.1) is 11.8 Å². The molecule has 27 heavy (non-hydrogen) atoms. The molecule has 1 aliphatic rings. The molecule has 0 saturated heterocycles. The number of aryl methyl sites for hydroxylation is 3. The fourth-order valence-electron chi connectivity index (χ4n) is 3.57. The summed E-state index contributed by atoms with van der Waals surface area (Å²) in [6.07, 6.45) is 4.74. The molecule has 1 aliphatic carbocycles. The molecule has 0 bridgehead atoms. The zero-order chi connectivity index (χ0) is 18.8. The minimum atomic E-state index is 0.000335. The molecule has 140 valence electrons. The van der Waals surface area contributed by atoms with Crippen LogP contribution in [0.25, 0.3) is 10.2 Å². The molecule has 0 aliphatic heterocycles. The molecule has 0 radical (unpaired) electrons. The molecule has 4 nitrogen and oxygen atoms in total. The predicted molar refractivity (Wildman–Crippen MR) is 113 cm³/mol. The molecule has 6 heteroatoms. The highest BCUT2D eigenvalue weighted by molar-refractivity contribution is 8.00. The largest absolute Gasteiger partial charge is 0.349 e. The zero-order valence-electron chi connectivity index (χ0n) is 15.6. The minimum absolute atomic E-state index is 0.000335. The first kappa shape index (κ1) is 18.4. The molecule has 2 aromatic heterocycles. The highest BCUT2D eigenvalue weighted by Gasteiger charge is 2.21. The summed E-state index contributed by atoms with van der Waals surface area (Å²) >= 11 is 3.34. The van der Waals surface area contributed by atoms with E-state index in [0.717, 1.165) is 34.1 Å². The number of hydrogen-bond acceptors (Lipinski definition) is 5. The monoisotopic (exact) mass is 397 g/mol. The Labute approximate surface area is 167 Å². The third-order valence-electron chi connectivity index (χ3n) is 4.91. The Kier molecular flexibility index (Phi) is 5.45. The Morgan fingerprint density at radius 2 is 2.00 bits per heavy atom. The molecule has 0 saturated carbocycles. The van der Waals surface area contributed by atoms with Crippen LogP contribution < -0.4 is 5.32 Å². The van der Waals surface area contributed by atoms with Crippen molar-refractivity contribution in [3.63, 3.8) is 0 Å². The van der Waals surface area contributed by atoms with Gasteiger partial charge in [0.25, 0.3) is 0 Å². The Morgan fingerprint density at radius 3 is 2.81 bits per heavy atom. The summed E-state index contributed by atoms with van der Waals surface area (Å²) in [4.78, 5) is 24.3. The molecule has 4 rings (SSSR count). The summed E-state index contributed by atoms with van der Waals surface area (Å²) in [6.45, 7) is 3.94. The van der Waals surface area contributed by atoms with Crippen LogP contribution in [0.4, 0.5) is 0 Å². The maximum atomic E-state index is 12.5. The van der Waals surface area contributed by atoms with Crippen molar-refractivity contribution in [3.05, 3.63) is 52.2 Å². The standard InChI is InChI=1S/C21H23N3OS2/c1-13(15-8-4-3-5-9-15)22-18(25)12-26-20-19-16-10-6-7-11-17(16)27-21(19)24-14(2)23-20/h3-5,8-9,13H,6-7,10-12H2,1-2H3,(H,22,25). The van der Waals surface area contributed by atoms with Gasteiger partial charge in [-0.25, -0.2) is 9.97 Å². The number of carbonyl (C=O) groups excluding carboxylic acids is 1. The van der Waals surface area contributed by atoms with Crippen molar-refractivity contribution in [2.75, 3.05) is 5.75 Å². The molecule has 1 atom stereocenters. The van der Waals surface area contributed by atoms with Gasteiger partial charge in [0.15, 0.2) is 0 Å². The number of rotatable bonds is 5. The van der Waals surface area contributed by atoms with E-state index < -0.39 is 0 Å². The van der Waals surface area contributed by atoms with Crippen molar-refractivity contribution < 1.29 is 4.79 Å². The van der Waals surface area contributed by atoms with E-state index in [2.05, 4.69) is 15.3 Å². The second kappa shape index (κ2) is 7.98. The van der Waals surface area contributed by atoms with Gasteiger partial charge in [-0.2, -0.15) is 0 Å². The first-order chi connectivity index (χ1) is 13.1. The smallest absolute Gasteiger partial charge is 0.230 e. The van der Waals surface area contributed by atoms with Gasteiger partial charge in [-0.15, -0.1) is 11.3 Å². The van der Waals surface area contributed by atoms with E-state index in [1.165, 1.54) is 40.4 Å². The van der Waals surface area contributed by atoms with Gasteiger partial charge in [-0.1, -0.05) is 42.1 Å². The molecule has 1 amide bonds. The van der Waals surface area contributed by atoms with E-state index in [1.54, 1.807) is 11.3 Å².